The summed E-state index contributed by atoms with van der Waals surface area (Å²) < 4.78 is 11.4. The molecule has 0 saturated carbocycles. The Morgan fingerprint density at radius 3 is 2.95 bits per heavy atom. The lowest BCUT2D eigenvalue weighted by Gasteiger charge is -2.28. The van der Waals surface area contributed by atoms with Gasteiger partial charge in [-0.15, -0.1) is 0 Å². The molecule has 1 aromatic rings. The number of ether oxygens (including phenoxy) is 2. The van der Waals surface area contributed by atoms with Crippen LogP contribution in [-0.2, 0) is 16.0 Å². The van der Waals surface area contributed by atoms with Gasteiger partial charge in [0, 0.05) is 12.1 Å². The third kappa shape index (κ3) is 2.21. The summed E-state index contributed by atoms with van der Waals surface area (Å²) in [5, 5.41) is 0. The summed E-state index contributed by atoms with van der Waals surface area (Å²) in [5.41, 5.74) is 2.23. The molecular weight excluding hydrogens is 278 g/mol. The van der Waals surface area contributed by atoms with Crippen LogP contribution >= 0.6 is 0 Å². The van der Waals surface area contributed by atoms with E-state index in [1.54, 1.807) is 7.11 Å². The van der Waals surface area contributed by atoms with Crippen molar-refractivity contribution in [2.24, 2.45) is 5.92 Å². The van der Waals surface area contributed by atoms with Crippen LogP contribution in [0.5, 0.6) is 5.75 Å². The van der Waals surface area contributed by atoms with E-state index < -0.39 is 0 Å². The first-order valence-electron chi connectivity index (χ1n) is 8.40. The van der Waals surface area contributed by atoms with Gasteiger partial charge in [-0.3, -0.25) is 4.79 Å². The second-order valence-corrected chi connectivity index (χ2v) is 6.62. The lowest BCUT2D eigenvalue weighted by atomic mass is 9.88. The number of hydrogen-bond acceptors (Lipinski definition) is 3. The number of anilines is 1. The van der Waals surface area contributed by atoms with Gasteiger partial charge in [-0.2, -0.15) is 0 Å². The summed E-state index contributed by atoms with van der Waals surface area (Å²) in [5.74, 6) is 1.21. The fourth-order valence-corrected chi connectivity index (χ4v) is 4.27. The first-order chi connectivity index (χ1) is 10.8. The Morgan fingerprint density at radius 2 is 2.23 bits per heavy atom. The molecule has 0 unspecified atom stereocenters. The SMILES string of the molecule is COc1cccc2c1CCCCN2C(=O)[C@@H]1C[C@@H]2CC[C@@H]1O2. The molecule has 0 aliphatic carbocycles. The van der Waals surface area contributed by atoms with Gasteiger partial charge in [-0.25, -0.2) is 0 Å². The van der Waals surface area contributed by atoms with E-state index in [0.29, 0.717) is 6.10 Å². The van der Waals surface area contributed by atoms with Crippen molar-refractivity contribution in [3.63, 3.8) is 0 Å². The van der Waals surface area contributed by atoms with E-state index in [0.717, 1.165) is 56.5 Å². The van der Waals surface area contributed by atoms with Crippen LogP contribution < -0.4 is 9.64 Å². The van der Waals surface area contributed by atoms with Gasteiger partial charge in [0.15, 0.2) is 0 Å². The van der Waals surface area contributed by atoms with Crippen LogP contribution in [0.25, 0.3) is 0 Å². The summed E-state index contributed by atoms with van der Waals surface area (Å²) in [6.45, 7) is 0.812. The monoisotopic (exact) mass is 301 g/mol. The maximum atomic E-state index is 13.1. The molecule has 1 aromatic carbocycles. The first-order valence-corrected chi connectivity index (χ1v) is 8.40. The number of hydrogen-bond donors (Lipinski definition) is 0. The highest BCUT2D eigenvalue weighted by molar-refractivity contribution is 5.97. The summed E-state index contributed by atoms with van der Waals surface area (Å²) in [6, 6.07) is 6.04. The van der Waals surface area contributed by atoms with Gasteiger partial charge in [-0.1, -0.05) is 6.07 Å². The fourth-order valence-electron chi connectivity index (χ4n) is 4.27. The number of rotatable bonds is 2. The van der Waals surface area contributed by atoms with Gasteiger partial charge in [0.2, 0.25) is 5.91 Å². The second-order valence-electron chi connectivity index (χ2n) is 6.62. The predicted molar refractivity (Wildman–Crippen MR) is 84.3 cm³/mol. The molecule has 2 bridgehead atoms. The lowest BCUT2D eigenvalue weighted by molar-refractivity contribution is -0.123. The van der Waals surface area contributed by atoms with Crippen LogP contribution in [0.15, 0.2) is 18.2 Å². The molecule has 4 nitrogen and oxygen atoms in total. The highest BCUT2D eigenvalue weighted by atomic mass is 16.5. The lowest BCUT2D eigenvalue weighted by Crippen LogP contribution is -2.40. The zero-order valence-corrected chi connectivity index (χ0v) is 13.1. The van der Waals surface area contributed by atoms with E-state index in [2.05, 4.69) is 6.07 Å². The van der Waals surface area contributed by atoms with Crippen molar-refractivity contribution in [1.82, 2.24) is 0 Å². The Hall–Kier alpha value is -1.55. The van der Waals surface area contributed by atoms with Gasteiger partial charge in [0.05, 0.1) is 30.9 Å². The average molecular weight is 301 g/mol. The molecule has 3 aliphatic rings. The molecule has 0 aromatic heterocycles. The zero-order chi connectivity index (χ0) is 15.1. The Bertz CT molecular complexity index is 586. The Balaban J connectivity index is 1.66. The van der Waals surface area contributed by atoms with Crippen molar-refractivity contribution in [2.75, 3.05) is 18.6 Å². The number of carbonyl (C=O) groups is 1. The van der Waals surface area contributed by atoms with Crippen molar-refractivity contribution in [3.8, 4) is 5.75 Å². The van der Waals surface area contributed by atoms with Crippen molar-refractivity contribution >= 4 is 11.6 Å². The molecule has 2 saturated heterocycles. The van der Waals surface area contributed by atoms with Crippen LogP contribution in [0, 0.1) is 5.92 Å². The van der Waals surface area contributed by atoms with Crippen LogP contribution in [0.4, 0.5) is 5.69 Å². The summed E-state index contributed by atoms with van der Waals surface area (Å²) in [7, 11) is 1.70. The minimum absolute atomic E-state index is 0.0518. The number of fused-ring (bicyclic) bond motifs is 3. The highest BCUT2D eigenvalue weighted by Gasteiger charge is 2.46. The summed E-state index contributed by atoms with van der Waals surface area (Å²) >= 11 is 0. The quantitative estimate of drug-likeness (QED) is 0.843. The van der Waals surface area contributed by atoms with Crippen molar-refractivity contribution < 1.29 is 14.3 Å². The largest absolute Gasteiger partial charge is 0.496 e. The third-order valence-corrected chi connectivity index (χ3v) is 5.37. The molecule has 4 rings (SSSR count). The molecule has 3 heterocycles. The number of carbonyl (C=O) groups excluding carboxylic acids is 1. The Kier molecular flexibility index (Phi) is 3.57. The van der Waals surface area contributed by atoms with E-state index in [4.69, 9.17) is 9.47 Å². The Morgan fingerprint density at radius 1 is 1.32 bits per heavy atom. The standard InChI is InChI=1S/C18H23NO3/c1-21-16-7-4-6-15-13(16)5-2-3-10-19(15)18(20)14-11-12-8-9-17(14)22-12/h4,6-7,12,14,17H,2-3,5,8-11H2,1H3/t12-,14+,17-/m0/s1. The summed E-state index contributed by atoms with van der Waals surface area (Å²) in [4.78, 5) is 15.1. The van der Waals surface area contributed by atoms with E-state index in [1.807, 2.05) is 17.0 Å². The molecule has 4 heteroatoms. The maximum absolute atomic E-state index is 13.1. The van der Waals surface area contributed by atoms with E-state index in [-0.39, 0.29) is 17.9 Å². The normalized spacial score (nSPS) is 30.0. The topological polar surface area (TPSA) is 38.8 Å². The fraction of sp³-hybridized carbons (Fsp3) is 0.611. The Labute approximate surface area is 131 Å². The molecule has 3 aliphatic heterocycles. The number of methoxy groups -OCH3 is 1. The van der Waals surface area contributed by atoms with Gasteiger partial charge in [0.1, 0.15) is 5.75 Å². The minimum Gasteiger partial charge on any atom is -0.496 e. The van der Waals surface area contributed by atoms with Gasteiger partial charge < -0.3 is 14.4 Å². The third-order valence-electron chi connectivity index (χ3n) is 5.37. The number of amides is 1. The molecule has 0 spiro atoms. The maximum Gasteiger partial charge on any atom is 0.232 e. The molecule has 2 fully saturated rings. The van der Waals surface area contributed by atoms with Crippen LogP contribution in [0.3, 0.4) is 0 Å². The van der Waals surface area contributed by atoms with Crippen molar-refractivity contribution in [3.05, 3.63) is 23.8 Å². The molecule has 0 radical (unpaired) electrons. The van der Waals surface area contributed by atoms with E-state index in [9.17, 15) is 4.79 Å². The molecule has 118 valence electrons. The van der Waals surface area contributed by atoms with Crippen LogP contribution in [0.1, 0.15) is 37.7 Å². The zero-order valence-electron chi connectivity index (χ0n) is 13.1. The highest BCUT2D eigenvalue weighted by Crippen LogP contribution is 2.41. The van der Waals surface area contributed by atoms with Crippen molar-refractivity contribution in [2.45, 2.75) is 50.7 Å². The smallest absolute Gasteiger partial charge is 0.232 e. The molecule has 3 atom stereocenters. The van der Waals surface area contributed by atoms with Gasteiger partial charge in [-0.05, 0) is 50.7 Å². The van der Waals surface area contributed by atoms with Crippen molar-refractivity contribution in [1.29, 1.82) is 0 Å². The first kappa shape index (κ1) is 14.1. The van der Waals surface area contributed by atoms with Crippen LogP contribution in [0.2, 0.25) is 0 Å². The summed E-state index contributed by atoms with van der Waals surface area (Å²) in [6.07, 6.45) is 6.66. The van der Waals surface area contributed by atoms with Gasteiger partial charge >= 0.3 is 0 Å². The number of nitrogens with zero attached hydrogens (tertiary/aromatic N) is 1. The minimum atomic E-state index is 0.0518. The van der Waals surface area contributed by atoms with Crippen LogP contribution in [-0.4, -0.2) is 31.8 Å². The molecular formula is C18H23NO3. The number of benzene rings is 1. The predicted octanol–water partition coefficient (Wildman–Crippen LogP) is 2.93. The van der Waals surface area contributed by atoms with E-state index >= 15 is 0 Å². The molecule has 22 heavy (non-hydrogen) atoms. The second kappa shape index (κ2) is 5.58. The van der Waals surface area contributed by atoms with Gasteiger partial charge in [0.25, 0.3) is 0 Å². The van der Waals surface area contributed by atoms with E-state index in [1.165, 1.54) is 5.56 Å². The molecule has 0 N–H and O–H groups in total. The average Bonchev–Trinajstić information content (AvgIpc) is 3.11. The molecule has 1 amide bonds.